The Hall–Kier alpha value is -2.71. The number of carbonyl (C=O) groups is 1. The van der Waals surface area contributed by atoms with Crippen molar-refractivity contribution in [2.24, 2.45) is 5.92 Å². The highest BCUT2D eigenvalue weighted by atomic mass is 32.2. The normalized spacial score (nSPS) is 15.2. The van der Waals surface area contributed by atoms with Crippen molar-refractivity contribution in [3.8, 4) is 17.3 Å². The monoisotopic (exact) mass is 498 g/mol. The van der Waals surface area contributed by atoms with Crippen molar-refractivity contribution < 1.29 is 13.2 Å². The number of hydrogen-bond donors (Lipinski definition) is 1. The molecule has 0 saturated carbocycles. The average molecular weight is 499 g/mol. The smallest absolute Gasteiger partial charge is 0.244 e. The summed E-state index contributed by atoms with van der Waals surface area (Å²) in [6.07, 6.45) is 2.77. The second kappa shape index (κ2) is 10.1. The van der Waals surface area contributed by atoms with Crippen LogP contribution in [0.5, 0.6) is 0 Å². The molecule has 0 aliphatic carbocycles. The van der Waals surface area contributed by atoms with Gasteiger partial charge in [-0.3, -0.25) is 4.79 Å². The number of nitrogens with zero attached hydrogens (tertiary/aromatic N) is 3. The van der Waals surface area contributed by atoms with Crippen LogP contribution in [0.3, 0.4) is 0 Å². The standard InChI is InChI=1S/C23H22N4O3S3/c1-31-20-4-2-3-5-21(20)33(29,30)27-12-10-18(11-13-27)22(28)26-23-25-19(15-32-23)17-8-6-16(14-24)7-9-17/h2-9,15,18H,10-13H2,1H3,(H,25,26,28). The van der Waals surface area contributed by atoms with Crippen LogP contribution < -0.4 is 5.32 Å². The number of sulfonamides is 1. The molecule has 1 aliphatic rings. The van der Waals surface area contributed by atoms with Crippen LogP contribution in [0.15, 0.2) is 63.7 Å². The van der Waals surface area contributed by atoms with E-state index < -0.39 is 10.0 Å². The van der Waals surface area contributed by atoms with Crippen molar-refractivity contribution in [2.75, 3.05) is 24.7 Å². The molecular formula is C23H22N4O3S3. The molecule has 1 aliphatic heterocycles. The third-order valence-electron chi connectivity index (χ3n) is 5.56. The molecule has 1 N–H and O–H groups in total. The lowest BCUT2D eigenvalue weighted by Gasteiger charge is -2.30. The number of carbonyl (C=O) groups excluding carboxylic acids is 1. The average Bonchev–Trinajstić information content (AvgIpc) is 3.32. The van der Waals surface area contributed by atoms with E-state index in [0.717, 1.165) is 16.2 Å². The zero-order chi connectivity index (χ0) is 23.4. The number of hydrogen-bond acceptors (Lipinski definition) is 7. The Bertz CT molecular complexity index is 1290. The van der Waals surface area contributed by atoms with Gasteiger partial charge < -0.3 is 5.32 Å². The van der Waals surface area contributed by atoms with Gasteiger partial charge in [0, 0.05) is 34.8 Å². The van der Waals surface area contributed by atoms with Crippen LogP contribution >= 0.6 is 23.1 Å². The van der Waals surface area contributed by atoms with Crippen LogP contribution in [-0.4, -0.2) is 43.0 Å². The molecule has 0 atom stereocenters. The van der Waals surface area contributed by atoms with Crippen LogP contribution in [0.1, 0.15) is 18.4 Å². The summed E-state index contributed by atoms with van der Waals surface area (Å²) in [5, 5.41) is 14.2. The van der Waals surface area contributed by atoms with E-state index in [0.29, 0.717) is 41.5 Å². The maximum Gasteiger partial charge on any atom is 0.244 e. The van der Waals surface area contributed by atoms with E-state index in [-0.39, 0.29) is 11.8 Å². The minimum absolute atomic E-state index is 0.141. The number of anilines is 1. The zero-order valence-electron chi connectivity index (χ0n) is 17.9. The molecule has 1 amide bonds. The Kier molecular flexibility index (Phi) is 7.14. The maximum absolute atomic E-state index is 13.1. The number of thioether (sulfide) groups is 1. The summed E-state index contributed by atoms with van der Waals surface area (Å²) in [4.78, 5) is 18.3. The fraction of sp³-hybridized carbons (Fsp3) is 0.261. The first-order valence-corrected chi connectivity index (χ1v) is 13.9. The van der Waals surface area contributed by atoms with Crippen LogP contribution in [0.2, 0.25) is 0 Å². The van der Waals surface area contributed by atoms with Crippen molar-refractivity contribution in [1.29, 1.82) is 5.26 Å². The lowest BCUT2D eigenvalue weighted by molar-refractivity contribution is -0.120. The predicted molar refractivity (Wildman–Crippen MR) is 131 cm³/mol. The Morgan fingerprint density at radius 3 is 2.55 bits per heavy atom. The number of thiazole rings is 1. The van der Waals surface area contributed by atoms with Crippen molar-refractivity contribution in [3.05, 3.63) is 59.5 Å². The van der Waals surface area contributed by atoms with Crippen molar-refractivity contribution in [1.82, 2.24) is 9.29 Å². The van der Waals surface area contributed by atoms with Crippen LogP contribution in [0.25, 0.3) is 11.3 Å². The van der Waals surface area contributed by atoms with Gasteiger partial charge in [-0.05, 0) is 43.4 Å². The first kappa shape index (κ1) is 23.4. The van der Waals surface area contributed by atoms with Gasteiger partial charge >= 0.3 is 0 Å². The summed E-state index contributed by atoms with van der Waals surface area (Å²) in [7, 11) is -3.59. The molecule has 1 aromatic heterocycles. The van der Waals surface area contributed by atoms with Crippen LogP contribution in [0.4, 0.5) is 5.13 Å². The molecule has 1 fully saturated rings. The van der Waals surface area contributed by atoms with Gasteiger partial charge in [-0.1, -0.05) is 24.3 Å². The first-order chi connectivity index (χ1) is 15.9. The largest absolute Gasteiger partial charge is 0.302 e. The van der Waals surface area contributed by atoms with Gasteiger partial charge in [0.15, 0.2) is 5.13 Å². The fourth-order valence-electron chi connectivity index (χ4n) is 3.72. The summed E-state index contributed by atoms with van der Waals surface area (Å²) >= 11 is 2.74. The van der Waals surface area contributed by atoms with Crippen LogP contribution in [0, 0.1) is 17.2 Å². The minimum Gasteiger partial charge on any atom is -0.302 e. The topological polar surface area (TPSA) is 103 Å². The van der Waals surface area contributed by atoms with Gasteiger partial charge in [0.2, 0.25) is 15.9 Å². The van der Waals surface area contributed by atoms with Crippen molar-refractivity contribution >= 4 is 44.2 Å². The third kappa shape index (κ3) is 5.12. The summed E-state index contributed by atoms with van der Waals surface area (Å²) in [5.74, 6) is -0.410. The molecular weight excluding hydrogens is 476 g/mol. The van der Waals surface area contributed by atoms with E-state index >= 15 is 0 Å². The van der Waals surface area contributed by atoms with Gasteiger partial charge in [-0.25, -0.2) is 13.4 Å². The lowest BCUT2D eigenvalue weighted by Crippen LogP contribution is -2.41. The maximum atomic E-state index is 13.1. The van der Waals surface area contributed by atoms with Crippen molar-refractivity contribution in [3.63, 3.8) is 0 Å². The van der Waals surface area contributed by atoms with Gasteiger partial charge in [-0.15, -0.1) is 23.1 Å². The zero-order valence-corrected chi connectivity index (χ0v) is 20.3. The molecule has 4 rings (SSSR count). The molecule has 2 aromatic carbocycles. The van der Waals surface area contributed by atoms with Gasteiger partial charge in [0.05, 0.1) is 22.2 Å². The number of benzene rings is 2. The first-order valence-electron chi connectivity index (χ1n) is 10.3. The highest BCUT2D eigenvalue weighted by Gasteiger charge is 2.33. The Morgan fingerprint density at radius 1 is 1.18 bits per heavy atom. The quantitative estimate of drug-likeness (QED) is 0.504. The summed E-state index contributed by atoms with van der Waals surface area (Å²) in [5.41, 5.74) is 2.18. The second-order valence-electron chi connectivity index (χ2n) is 7.55. The highest BCUT2D eigenvalue weighted by molar-refractivity contribution is 7.99. The molecule has 0 radical (unpaired) electrons. The lowest BCUT2D eigenvalue weighted by atomic mass is 9.97. The van der Waals surface area contributed by atoms with Crippen molar-refractivity contribution in [2.45, 2.75) is 22.6 Å². The predicted octanol–water partition coefficient (Wildman–Crippen LogP) is 4.44. The second-order valence-corrected chi connectivity index (χ2v) is 11.2. The molecule has 3 aromatic rings. The summed E-state index contributed by atoms with van der Waals surface area (Å²) in [6.45, 7) is 0.606. The minimum atomic E-state index is -3.59. The molecule has 0 spiro atoms. The summed E-state index contributed by atoms with van der Waals surface area (Å²) in [6, 6.07) is 16.2. The number of rotatable bonds is 6. The Balaban J connectivity index is 1.37. The molecule has 1 saturated heterocycles. The highest BCUT2D eigenvalue weighted by Crippen LogP contribution is 2.31. The molecule has 2 heterocycles. The molecule has 7 nitrogen and oxygen atoms in total. The number of nitrogens with one attached hydrogen (secondary N) is 1. The van der Waals surface area contributed by atoms with Crippen LogP contribution in [-0.2, 0) is 14.8 Å². The van der Waals surface area contributed by atoms with E-state index in [1.54, 1.807) is 30.3 Å². The van der Waals surface area contributed by atoms with E-state index in [1.807, 2.05) is 29.8 Å². The van der Waals surface area contributed by atoms with Gasteiger partial charge in [0.1, 0.15) is 0 Å². The Morgan fingerprint density at radius 2 is 1.88 bits per heavy atom. The van der Waals surface area contributed by atoms with E-state index in [4.69, 9.17) is 5.26 Å². The van der Waals surface area contributed by atoms with E-state index in [2.05, 4.69) is 16.4 Å². The Labute approximate surface area is 201 Å². The number of amides is 1. The molecule has 0 bridgehead atoms. The third-order valence-corrected chi connectivity index (χ3v) is 9.20. The number of aromatic nitrogens is 1. The SMILES string of the molecule is CSc1ccccc1S(=O)(=O)N1CCC(C(=O)Nc2nc(-c3ccc(C#N)cc3)cs2)CC1. The molecule has 0 unspecified atom stereocenters. The van der Waals surface area contributed by atoms with Gasteiger partial charge in [-0.2, -0.15) is 9.57 Å². The number of piperidine rings is 1. The van der Waals surface area contributed by atoms with Gasteiger partial charge in [0.25, 0.3) is 0 Å². The van der Waals surface area contributed by atoms with E-state index in [9.17, 15) is 13.2 Å². The molecule has 33 heavy (non-hydrogen) atoms. The molecule has 10 heteroatoms. The van der Waals surface area contributed by atoms with E-state index in [1.165, 1.54) is 27.4 Å². The molecule has 170 valence electrons. The fourth-order valence-corrected chi connectivity index (χ4v) is 7.03. The number of nitriles is 1. The summed E-state index contributed by atoms with van der Waals surface area (Å²) < 4.78 is 27.7.